The largest absolute Gasteiger partial charge is 0.354 e. The maximum atomic E-state index is 11.5. The number of carbonyl (C=O) groups is 2. The van der Waals surface area contributed by atoms with Gasteiger partial charge in [0.05, 0.1) is 0 Å². The smallest absolute Gasteiger partial charge is 0.267 e. The molecular formula is C12H13ClN2O2. The van der Waals surface area contributed by atoms with Gasteiger partial charge in [-0.25, -0.2) is 0 Å². The number of hydrogen-bond donors (Lipinski definition) is 2. The van der Waals surface area contributed by atoms with Crippen LogP contribution in [0.5, 0.6) is 0 Å². The maximum Gasteiger partial charge on any atom is 0.267 e. The Bertz CT molecular complexity index is 452. The number of benzene rings is 1. The first-order valence-corrected chi connectivity index (χ1v) is 5.37. The van der Waals surface area contributed by atoms with Crippen LogP contribution in [0.1, 0.15) is 12.5 Å². The molecule has 0 aromatic heterocycles. The van der Waals surface area contributed by atoms with Crippen molar-refractivity contribution in [3.8, 4) is 0 Å². The molecule has 0 unspecified atom stereocenters. The van der Waals surface area contributed by atoms with Crippen LogP contribution in [0.15, 0.2) is 30.0 Å². The van der Waals surface area contributed by atoms with E-state index in [-0.39, 0.29) is 17.5 Å². The standard InChI is InChI=1S/C12H13ClN2O2/c1-8(16)15-11(12(17)14-2)7-9-3-5-10(13)6-4-9/h3-7H,1-2H3,(H,14,17)(H,15,16). The molecule has 0 saturated heterocycles. The molecule has 2 amide bonds. The van der Waals surface area contributed by atoms with Gasteiger partial charge in [0.1, 0.15) is 5.70 Å². The summed E-state index contributed by atoms with van der Waals surface area (Å²) in [5, 5.41) is 5.54. The van der Waals surface area contributed by atoms with Gasteiger partial charge in [-0.15, -0.1) is 0 Å². The molecule has 4 nitrogen and oxygen atoms in total. The van der Waals surface area contributed by atoms with E-state index in [9.17, 15) is 9.59 Å². The minimum Gasteiger partial charge on any atom is -0.354 e. The van der Waals surface area contributed by atoms with Gasteiger partial charge >= 0.3 is 0 Å². The highest BCUT2D eigenvalue weighted by Gasteiger charge is 2.08. The molecule has 0 bridgehead atoms. The van der Waals surface area contributed by atoms with E-state index >= 15 is 0 Å². The van der Waals surface area contributed by atoms with E-state index < -0.39 is 0 Å². The minimum absolute atomic E-state index is 0.197. The van der Waals surface area contributed by atoms with Crippen molar-refractivity contribution in [2.75, 3.05) is 7.05 Å². The zero-order valence-electron chi connectivity index (χ0n) is 9.58. The third kappa shape index (κ3) is 4.28. The van der Waals surface area contributed by atoms with Crippen molar-refractivity contribution in [1.82, 2.24) is 10.6 Å². The van der Waals surface area contributed by atoms with Crippen molar-refractivity contribution in [3.63, 3.8) is 0 Å². The molecule has 1 aromatic carbocycles. The molecule has 17 heavy (non-hydrogen) atoms. The molecule has 5 heteroatoms. The predicted octanol–water partition coefficient (Wildman–Crippen LogP) is 1.56. The Labute approximate surface area is 105 Å². The highest BCUT2D eigenvalue weighted by molar-refractivity contribution is 6.30. The second-order valence-corrected chi connectivity index (χ2v) is 3.81. The summed E-state index contributed by atoms with van der Waals surface area (Å²) in [6, 6.07) is 6.94. The number of rotatable bonds is 3. The molecular weight excluding hydrogens is 240 g/mol. The lowest BCUT2D eigenvalue weighted by Crippen LogP contribution is -2.31. The first kappa shape index (κ1) is 13.3. The zero-order chi connectivity index (χ0) is 12.8. The molecule has 1 rings (SSSR count). The monoisotopic (exact) mass is 252 g/mol. The van der Waals surface area contributed by atoms with Crippen LogP contribution in [-0.4, -0.2) is 18.9 Å². The van der Waals surface area contributed by atoms with E-state index in [1.807, 2.05) is 0 Å². The van der Waals surface area contributed by atoms with E-state index in [4.69, 9.17) is 11.6 Å². The molecule has 0 heterocycles. The van der Waals surface area contributed by atoms with E-state index in [1.165, 1.54) is 14.0 Å². The average Bonchev–Trinajstić information content (AvgIpc) is 2.29. The summed E-state index contributed by atoms with van der Waals surface area (Å²) >= 11 is 5.75. The zero-order valence-corrected chi connectivity index (χ0v) is 10.3. The van der Waals surface area contributed by atoms with Crippen molar-refractivity contribution in [2.45, 2.75) is 6.92 Å². The predicted molar refractivity (Wildman–Crippen MR) is 67.3 cm³/mol. The number of hydrogen-bond acceptors (Lipinski definition) is 2. The lowest BCUT2D eigenvalue weighted by molar-refractivity contribution is -0.122. The third-order valence-electron chi connectivity index (χ3n) is 1.96. The summed E-state index contributed by atoms with van der Waals surface area (Å²) in [6.45, 7) is 1.35. The lowest BCUT2D eigenvalue weighted by atomic mass is 10.2. The Morgan fingerprint density at radius 3 is 2.29 bits per heavy atom. The Morgan fingerprint density at radius 2 is 1.82 bits per heavy atom. The van der Waals surface area contributed by atoms with Gasteiger partial charge in [0, 0.05) is 19.0 Å². The van der Waals surface area contributed by atoms with E-state index in [0.717, 1.165) is 5.56 Å². The van der Waals surface area contributed by atoms with Gasteiger partial charge in [-0.05, 0) is 23.8 Å². The third-order valence-corrected chi connectivity index (χ3v) is 2.22. The first-order valence-electron chi connectivity index (χ1n) is 5.00. The molecule has 0 spiro atoms. The van der Waals surface area contributed by atoms with E-state index in [0.29, 0.717) is 5.02 Å². The Kier molecular flexibility index (Phi) is 4.72. The summed E-state index contributed by atoms with van der Waals surface area (Å²) < 4.78 is 0. The lowest BCUT2D eigenvalue weighted by Gasteiger charge is -2.06. The van der Waals surface area contributed by atoms with Crippen LogP contribution in [0.4, 0.5) is 0 Å². The van der Waals surface area contributed by atoms with Gasteiger partial charge in [0.15, 0.2) is 0 Å². The number of nitrogens with one attached hydrogen (secondary N) is 2. The molecule has 0 saturated carbocycles. The fraction of sp³-hybridized carbons (Fsp3) is 0.167. The van der Waals surface area contributed by atoms with Crippen molar-refractivity contribution in [1.29, 1.82) is 0 Å². The van der Waals surface area contributed by atoms with Crippen LogP contribution in [0, 0.1) is 0 Å². The van der Waals surface area contributed by atoms with Gasteiger partial charge in [-0.3, -0.25) is 9.59 Å². The van der Waals surface area contributed by atoms with Crippen molar-refractivity contribution in [2.24, 2.45) is 0 Å². The Hall–Kier alpha value is -1.81. The summed E-state index contributed by atoms with van der Waals surface area (Å²) in [4.78, 5) is 22.5. The molecule has 0 aliphatic carbocycles. The summed E-state index contributed by atoms with van der Waals surface area (Å²) in [7, 11) is 1.50. The van der Waals surface area contributed by atoms with Crippen molar-refractivity contribution >= 4 is 29.5 Å². The summed E-state index contributed by atoms with van der Waals surface area (Å²) in [5.74, 6) is -0.649. The molecule has 0 aliphatic rings. The Balaban J connectivity index is 3.00. The molecule has 0 aliphatic heterocycles. The number of halogens is 1. The van der Waals surface area contributed by atoms with Crippen molar-refractivity contribution < 1.29 is 9.59 Å². The Morgan fingerprint density at radius 1 is 1.24 bits per heavy atom. The van der Waals surface area contributed by atoms with Crippen LogP contribution >= 0.6 is 11.6 Å². The first-order chi connectivity index (χ1) is 8.02. The topological polar surface area (TPSA) is 58.2 Å². The molecule has 90 valence electrons. The van der Waals surface area contributed by atoms with E-state index in [1.54, 1.807) is 30.3 Å². The minimum atomic E-state index is -0.352. The molecule has 0 fully saturated rings. The highest BCUT2D eigenvalue weighted by Crippen LogP contribution is 2.11. The summed E-state index contributed by atoms with van der Waals surface area (Å²) in [6.07, 6.45) is 1.58. The number of carbonyl (C=O) groups excluding carboxylic acids is 2. The number of amides is 2. The van der Waals surface area contributed by atoms with E-state index in [2.05, 4.69) is 10.6 Å². The van der Waals surface area contributed by atoms with Gasteiger partial charge < -0.3 is 10.6 Å². The van der Waals surface area contributed by atoms with Gasteiger partial charge in [-0.1, -0.05) is 23.7 Å². The average molecular weight is 253 g/mol. The molecule has 2 N–H and O–H groups in total. The van der Waals surface area contributed by atoms with Crippen LogP contribution < -0.4 is 10.6 Å². The SMILES string of the molecule is CNC(=O)C(=Cc1ccc(Cl)cc1)NC(C)=O. The molecule has 0 atom stereocenters. The normalized spacial score (nSPS) is 10.9. The fourth-order valence-corrected chi connectivity index (χ4v) is 1.33. The van der Waals surface area contributed by atoms with Gasteiger partial charge in [-0.2, -0.15) is 0 Å². The maximum absolute atomic E-state index is 11.5. The van der Waals surface area contributed by atoms with Crippen LogP contribution in [0.2, 0.25) is 5.02 Å². The second kappa shape index (κ2) is 6.06. The summed E-state index contributed by atoms with van der Waals surface area (Å²) in [5.41, 5.74) is 0.976. The van der Waals surface area contributed by atoms with Gasteiger partial charge in [0.2, 0.25) is 5.91 Å². The fourth-order valence-electron chi connectivity index (χ4n) is 1.21. The highest BCUT2D eigenvalue weighted by atomic mass is 35.5. The molecule has 1 aromatic rings. The number of likely N-dealkylation sites (N-methyl/N-ethyl adjacent to an activating group) is 1. The van der Waals surface area contributed by atoms with Crippen LogP contribution in [0.3, 0.4) is 0 Å². The quantitative estimate of drug-likeness (QED) is 0.803. The van der Waals surface area contributed by atoms with Crippen molar-refractivity contribution in [3.05, 3.63) is 40.5 Å². The molecule has 0 radical (unpaired) electrons. The van der Waals surface area contributed by atoms with Gasteiger partial charge in [0.25, 0.3) is 5.91 Å². The van der Waals surface area contributed by atoms with Crippen LogP contribution in [0.25, 0.3) is 6.08 Å². The van der Waals surface area contributed by atoms with Crippen LogP contribution in [-0.2, 0) is 9.59 Å². The second-order valence-electron chi connectivity index (χ2n) is 3.37.